The molecule has 1 spiro atoms. The van der Waals surface area contributed by atoms with E-state index in [4.69, 9.17) is 0 Å². The lowest BCUT2D eigenvalue weighted by Crippen LogP contribution is -2.44. The van der Waals surface area contributed by atoms with Crippen molar-refractivity contribution in [3.63, 3.8) is 0 Å². The van der Waals surface area contributed by atoms with Crippen molar-refractivity contribution >= 4 is 29.4 Å². The third-order valence-corrected chi connectivity index (χ3v) is 5.93. The number of nitrogens with zero attached hydrogens (tertiary/aromatic N) is 2. The fraction of sp³-hybridized carbons (Fsp3) is 0.545. The van der Waals surface area contributed by atoms with Crippen molar-refractivity contribution in [2.45, 2.75) is 57.9 Å². The van der Waals surface area contributed by atoms with Gasteiger partial charge in [0.15, 0.2) is 0 Å². The molecule has 3 rings (SSSR count). The van der Waals surface area contributed by atoms with E-state index in [1.807, 2.05) is 13.8 Å². The fourth-order valence-corrected chi connectivity index (χ4v) is 4.24. The topological polar surface area (TPSA) is 98.8 Å². The maximum absolute atomic E-state index is 12.6. The molecule has 2 N–H and O–H groups in total. The molecule has 0 unspecified atom stereocenters. The standard InChI is InChI=1S/C22H30N4O4/c1-3-25(4-2)19(28)16-9-7-10-17(15-16)23-18(27)11-8-14-26-20(29)22(24-21(26)30)12-5-6-13-22/h7,9-10,15H,3-6,8,11-14H2,1-2H3,(H,23,27)(H,24,30). The number of benzene rings is 1. The van der Waals surface area contributed by atoms with Crippen LogP contribution < -0.4 is 10.6 Å². The molecule has 162 valence electrons. The van der Waals surface area contributed by atoms with Crippen molar-refractivity contribution in [3.05, 3.63) is 29.8 Å². The number of nitrogens with one attached hydrogen (secondary N) is 2. The highest BCUT2D eigenvalue weighted by Gasteiger charge is 2.52. The first kappa shape index (κ1) is 21.8. The van der Waals surface area contributed by atoms with Gasteiger partial charge in [0.1, 0.15) is 5.54 Å². The molecule has 1 saturated heterocycles. The Morgan fingerprint density at radius 1 is 1.17 bits per heavy atom. The zero-order valence-corrected chi connectivity index (χ0v) is 17.7. The number of imide groups is 1. The summed E-state index contributed by atoms with van der Waals surface area (Å²) in [4.78, 5) is 52.5. The van der Waals surface area contributed by atoms with Gasteiger partial charge in [0, 0.05) is 37.3 Å². The second kappa shape index (κ2) is 9.28. The number of carbonyl (C=O) groups excluding carboxylic acids is 4. The number of hydrogen-bond donors (Lipinski definition) is 2. The number of anilines is 1. The van der Waals surface area contributed by atoms with Gasteiger partial charge in [-0.1, -0.05) is 18.9 Å². The zero-order valence-electron chi connectivity index (χ0n) is 17.7. The van der Waals surface area contributed by atoms with Gasteiger partial charge in [-0.15, -0.1) is 0 Å². The fourth-order valence-electron chi connectivity index (χ4n) is 4.24. The molecular weight excluding hydrogens is 384 g/mol. The van der Waals surface area contributed by atoms with Gasteiger partial charge in [0.25, 0.3) is 11.8 Å². The summed E-state index contributed by atoms with van der Waals surface area (Å²) < 4.78 is 0. The van der Waals surface area contributed by atoms with Gasteiger partial charge in [-0.3, -0.25) is 19.3 Å². The Bertz CT molecular complexity index is 828. The minimum Gasteiger partial charge on any atom is -0.339 e. The Morgan fingerprint density at radius 2 is 1.87 bits per heavy atom. The van der Waals surface area contributed by atoms with Crippen molar-refractivity contribution in [1.29, 1.82) is 0 Å². The minimum absolute atomic E-state index is 0.0736. The summed E-state index contributed by atoms with van der Waals surface area (Å²) in [5.41, 5.74) is 0.368. The maximum Gasteiger partial charge on any atom is 0.325 e. The molecule has 1 aliphatic carbocycles. The van der Waals surface area contributed by atoms with Gasteiger partial charge in [0.2, 0.25) is 5.91 Å². The third kappa shape index (κ3) is 4.47. The van der Waals surface area contributed by atoms with Gasteiger partial charge in [-0.25, -0.2) is 4.79 Å². The molecule has 8 heteroatoms. The molecule has 5 amide bonds. The molecule has 0 radical (unpaired) electrons. The Kier molecular flexibility index (Phi) is 6.74. The van der Waals surface area contributed by atoms with E-state index >= 15 is 0 Å². The molecule has 1 aliphatic heterocycles. The van der Waals surface area contributed by atoms with Crippen molar-refractivity contribution < 1.29 is 19.2 Å². The monoisotopic (exact) mass is 414 g/mol. The summed E-state index contributed by atoms with van der Waals surface area (Å²) in [6.45, 7) is 5.31. The normalized spacial score (nSPS) is 17.3. The van der Waals surface area contributed by atoms with Crippen LogP contribution >= 0.6 is 0 Å². The molecule has 1 aromatic carbocycles. The van der Waals surface area contributed by atoms with Gasteiger partial charge in [-0.2, -0.15) is 0 Å². The van der Waals surface area contributed by atoms with Crippen molar-refractivity contribution in [1.82, 2.24) is 15.1 Å². The van der Waals surface area contributed by atoms with Gasteiger partial charge in [0.05, 0.1) is 0 Å². The third-order valence-electron chi connectivity index (χ3n) is 5.93. The zero-order chi connectivity index (χ0) is 21.7. The summed E-state index contributed by atoms with van der Waals surface area (Å²) in [6, 6.07) is 6.51. The maximum atomic E-state index is 12.6. The van der Waals surface area contributed by atoms with Gasteiger partial charge >= 0.3 is 6.03 Å². The van der Waals surface area contributed by atoms with Crippen LogP contribution in [0.15, 0.2) is 24.3 Å². The Balaban J connectivity index is 1.51. The molecule has 2 fully saturated rings. The molecule has 0 bridgehead atoms. The second-order valence-corrected chi connectivity index (χ2v) is 7.89. The SMILES string of the molecule is CCN(CC)C(=O)c1cccc(NC(=O)CCCN2C(=O)NC3(CCCC3)C2=O)c1. The second-order valence-electron chi connectivity index (χ2n) is 7.89. The highest BCUT2D eigenvalue weighted by atomic mass is 16.2. The first-order valence-electron chi connectivity index (χ1n) is 10.7. The highest BCUT2D eigenvalue weighted by Crippen LogP contribution is 2.35. The molecule has 1 saturated carbocycles. The highest BCUT2D eigenvalue weighted by molar-refractivity contribution is 6.07. The predicted octanol–water partition coefficient (Wildman–Crippen LogP) is 2.75. The van der Waals surface area contributed by atoms with Crippen LogP contribution in [0.5, 0.6) is 0 Å². The largest absolute Gasteiger partial charge is 0.339 e. The van der Waals surface area contributed by atoms with E-state index in [-0.39, 0.29) is 36.7 Å². The van der Waals surface area contributed by atoms with Crippen molar-refractivity contribution in [2.75, 3.05) is 25.0 Å². The molecular formula is C22H30N4O4. The van der Waals surface area contributed by atoms with E-state index in [9.17, 15) is 19.2 Å². The van der Waals surface area contributed by atoms with Crippen LogP contribution in [0.25, 0.3) is 0 Å². The predicted molar refractivity (Wildman–Crippen MR) is 113 cm³/mol. The van der Waals surface area contributed by atoms with Crippen LogP contribution in [0.2, 0.25) is 0 Å². The quantitative estimate of drug-likeness (QED) is 0.639. The number of rotatable bonds is 8. The van der Waals surface area contributed by atoms with E-state index < -0.39 is 5.54 Å². The Hall–Kier alpha value is -2.90. The van der Waals surface area contributed by atoms with Crippen LogP contribution in [-0.2, 0) is 9.59 Å². The molecule has 30 heavy (non-hydrogen) atoms. The molecule has 0 aromatic heterocycles. The summed E-state index contributed by atoms with van der Waals surface area (Å²) in [7, 11) is 0. The van der Waals surface area contributed by atoms with Crippen molar-refractivity contribution in [3.8, 4) is 0 Å². The summed E-state index contributed by atoms with van der Waals surface area (Å²) in [5, 5.41) is 5.64. The van der Waals surface area contributed by atoms with E-state index in [1.54, 1.807) is 29.2 Å². The van der Waals surface area contributed by atoms with Crippen molar-refractivity contribution in [2.24, 2.45) is 0 Å². The molecule has 1 heterocycles. The van der Waals surface area contributed by atoms with Crippen LogP contribution in [0.4, 0.5) is 10.5 Å². The Morgan fingerprint density at radius 3 is 2.53 bits per heavy atom. The first-order valence-corrected chi connectivity index (χ1v) is 10.7. The summed E-state index contributed by atoms with van der Waals surface area (Å²) in [6.07, 6.45) is 3.84. The Labute approximate surface area is 177 Å². The average Bonchev–Trinajstić information content (AvgIpc) is 3.29. The van der Waals surface area contributed by atoms with Crippen LogP contribution in [-0.4, -0.2) is 58.7 Å². The number of urea groups is 1. The van der Waals surface area contributed by atoms with Crippen LogP contribution in [0.1, 0.15) is 62.7 Å². The lowest BCUT2D eigenvalue weighted by atomic mass is 9.98. The molecule has 1 aromatic rings. The molecule has 8 nitrogen and oxygen atoms in total. The van der Waals surface area contributed by atoms with Crippen LogP contribution in [0, 0.1) is 0 Å². The van der Waals surface area contributed by atoms with Gasteiger partial charge in [-0.05, 0) is 51.3 Å². The molecule has 0 atom stereocenters. The average molecular weight is 415 g/mol. The summed E-state index contributed by atoms with van der Waals surface area (Å²) in [5.74, 6) is -0.450. The van der Waals surface area contributed by atoms with E-state index in [2.05, 4.69) is 10.6 Å². The number of hydrogen-bond acceptors (Lipinski definition) is 4. The summed E-state index contributed by atoms with van der Waals surface area (Å²) >= 11 is 0. The van der Waals surface area contributed by atoms with E-state index in [1.165, 1.54) is 4.90 Å². The first-order chi connectivity index (χ1) is 14.4. The smallest absolute Gasteiger partial charge is 0.325 e. The lowest BCUT2D eigenvalue weighted by molar-refractivity contribution is -0.131. The van der Waals surface area contributed by atoms with Crippen LogP contribution in [0.3, 0.4) is 0 Å². The number of amides is 5. The molecule has 2 aliphatic rings. The van der Waals surface area contributed by atoms with Gasteiger partial charge < -0.3 is 15.5 Å². The van der Waals surface area contributed by atoms with E-state index in [0.717, 1.165) is 12.8 Å². The minimum atomic E-state index is -0.711. The lowest BCUT2D eigenvalue weighted by Gasteiger charge is -2.20. The van der Waals surface area contributed by atoms with E-state index in [0.29, 0.717) is 43.6 Å². The number of carbonyl (C=O) groups is 4.